The summed E-state index contributed by atoms with van der Waals surface area (Å²) in [6.45, 7) is 6.21. The number of hydrogen-bond acceptors (Lipinski definition) is 2. The Labute approximate surface area is 102 Å². The molecule has 0 unspecified atom stereocenters. The van der Waals surface area contributed by atoms with Crippen LogP contribution in [0, 0.1) is 0 Å². The average molecular weight is 240 g/mol. The maximum atomic E-state index is 5.99. The first-order valence-electron chi connectivity index (χ1n) is 5.89. The Balaban J connectivity index is 2.03. The van der Waals surface area contributed by atoms with Crippen LogP contribution < -0.4 is 0 Å². The van der Waals surface area contributed by atoms with Gasteiger partial charge in [-0.15, -0.1) is 0 Å². The molecule has 1 aromatic rings. The van der Waals surface area contributed by atoms with Crippen LogP contribution in [-0.4, -0.2) is 31.1 Å². The van der Waals surface area contributed by atoms with Crippen LogP contribution in [0.4, 0.5) is 0 Å². The highest BCUT2D eigenvalue weighted by Gasteiger charge is 2.21. The van der Waals surface area contributed by atoms with Crippen LogP contribution in [0.3, 0.4) is 0 Å². The maximum absolute atomic E-state index is 5.99. The van der Waals surface area contributed by atoms with Crippen LogP contribution in [0.1, 0.15) is 25.0 Å². The van der Waals surface area contributed by atoms with Crippen molar-refractivity contribution >= 4 is 11.6 Å². The van der Waals surface area contributed by atoms with Crippen molar-refractivity contribution in [3.63, 3.8) is 0 Å². The van der Waals surface area contributed by atoms with Crippen molar-refractivity contribution < 1.29 is 4.74 Å². The summed E-state index contributed by atoms with van der Waals surface area (Å²) in [6.07, 6.45) is 1.38. The van der Waals surface area contributed by atoms with Gasteiger partial charge < -0.3 is 4.74 Å². The van der Waals surface area contributed by atoms with Crippen LogP contribution in [-0.2, 0) is 4.74 Å². The Morgan fingerprint density at radius 2 is 2.38 bits per heavy atom. The van der Waals surface area contributed by atoms with Crippen molar-refractivity contribution in [1.82, 2.24) is 4.90 Å². The first-order valence-corrected chi connectivity index (χ1v) is 6.27. The summed E-state index contributed by atoms with van der Waals surface area (Å²) in [6, 6.07) is 7.98. The van der Waals surface area contributed by atoms with E-state index in [2.05, 4.69) is 17.9 Å². The van der Waals surface area contributed by atoms with Gasteiger partial charge in [-0.05, 0) is 30.7 Å². The molecule has 3 heteroatoms. The Morgan fingerprint density at radius 3 is 3.12 bits per heavy atom. The van der Waals surface area contributed by atoms with Crippen LogP contribution in [0.25, 0.3) is 0 Å². The largest absolute Gasteiger partial charge is 0.371 e. The Bertz CT molecular complexity index is 340. The van der Waals surface area contributed by atoms with Crippen molar-refractivity contribution in [2.75, 3.05) is 26.2 Å². The summed E-state index contributed by atoms with van der Waals surface area (Å²) < 4.78 is 5.80. The lowest BCUT2D eigenvalue weighted by Crippen LogP contribution is -2.38. The SMILES string of the molecule is CCCN1CCO[C@H](c2cccc(Cl)c2)C1. The monoisotopic (exact) mass is 239 g/mol. The lowest BCUT2D eigenvalue weighted by molar-refractivity contribution is -0.0298. The van der Waals surface area contributed by atoms with E-state index in [0.29, 0.717) is 0 Å². The van der Waals surface area contributed by atoms with E-state index in [9.17, 15) is 0 Å². The van der Waals surface area contributed by atoms with Crippen LogP contribution in [0.15, 0.2) is 24.3 Å². The van der Waals surface area contributed by atoms with Crippen molar-refractivity contribution in [2.24, 2.45) is 0 Å². The maximum Gasteiger partial charge on any atom is 0.0952 e. The number of nitrogens with zero attached hydrogens (tertiary/aromatic N) is 1. The molecule has 1 aliphatic rings. The molecule has 16 heavy (non-hydrogen) atoms. The molecule has 0 aromatic heterocycles. The lowest BCUT2D eigenvalue weighted by Gasteiger charge is -2.32. The first kappa shape index (κ1) is 11.9. The van der Waals surface area contributed by atoms with E-state index < -0.39 is 0 Å². The van der Waals surface area contributed by atoms with E-state index in [4.69, 9.17) is 16.3 Å². The highest BCUT2D eigenvalue weighted by Crippen LogP contribution is 2.24. The lowest BCUT2D eigenvalue weighted by atomic mass is 10.1. The topological polar surface area (TPSA) is 12.5 Å². The summed E-state index contributed by atoms with van der Waals surface area (Å²) in [5.41, 5.74) is 1.19. The van der Waals surface area contributed by atoms with Gasteiger partial charge in [-0.25, -0.2) is 0 Å². The molecule has 1 saturated heterocycles. The molecule has 2 rings (SSSR count). The van der Waals surface area contributed by atoms with Gasteiger partial charge in [-0.3, -0.25) is 4.90 Å². The summed E-state index contributed by atoms with van der Waals surface area (Å²) in [7, 11) is 0. The van der Waals surface area contributed by atoms with Gasteiger partial charge in [0.1, 0.15) is 0 Å². The summed E-state index contributed by atoms with van der Waals surface area (Å²) in [5.74, 6) is 0. The van der Waals surface area contributed by atoms with Gasteiger partial charge in [0.25, 0.3) is 0 Å². The Hall–Kier alpha value is -0.570. The molecule has 1 heterocycles. The van der Waals surface area contributed by atoms with Gasteiger partial charge in [0, 0.05) is 18.1 Å². The van der Waals surface area contributed by atoms with E-state index in [1.165, 1.54) is 12.0 Å². The van der Waals surface area contributed by atoms with Crippen LogP contribution in [0.5, 0.6) is 0 Å². The summed E-state index contributed by atoms with van der Waals surface area (Å²) in [4.78, 5) is 2.45. The van der Waals surface area contributed by atoms with Gasteiger partial charge >= 0.3 is 0 Å². The zero-order valence-corrected chi connectivity index (χ0v) is 10.4. The highest BCUT2D eigenvalue weighted by atomic mass is 35.5. The fraction of sp³-hybridized carbons (Fsp3) is 0.538. The molecule has 0 amide bonds. The molecule has 0 radical (unpaired) electrons. The van der Waals surface area contributed by atoms with Crippen molar-refractivity contribution in [1.29, 1.82) is 0 Å². The molecule has 0 spiro atoms. The molecule has 0 aliphatic carbocycles. The first-order chi connectivity index (χ1) is 7.79. The third kappa shape index (κ3) is 2.97. The molecule has 0 saturated carbocycles. The third-order valence-corrected chi connectivity index (χ3v) is 3.15. The molecule has 88 valence electrons. The average Bonchev–Trinajstić information content (AvgIpc) is 2.30. The smallest absolute Gasteiger partial charge is 0.0952 e. The number of benzene rings is 1. The Morgan fingerprint density at radius 1 is 1.50 bits per heavy atom. The number of hydrogen-bond donors (Lipinski definition) is 0. The normalized spacial score (nSPS) is 22.2. The van der Waals surface area contributed by atoms with Crippen molar-refractivity contribution in [3.8, 4) is 0 Å². The van der Waals surface area contributed by atoms with Crippen molar-refractivity contribution in [2.45, 2.75) is 19.4 Å². The molecule has 1 aliphatic heterocycles. The van der Waals surface area contributed by atoms with E-state index in [-0.39, 0.29) is 6.10 Å². The van der Waals surface area contributed by atoms with E-state index in [0.717, 1.165) is 31.3 Å². The summed E-state index contributed by atoms with van der Waals surface area (Å²) in [5, 5.41) is 0.786. The van der Waals surface area contributed by atoms with Crippen molar-refractivity contribution in [3.05, 3.63) is 34.9 Å². The standard InChI is InChI=1S/C13H18ClNO/c1-2-6-15-7-8-16-13(10-15)11-4-3-5-12(14)9-11/h3-5,9,13H,2,6-8,10H2,1H3/t13-/m0/s1. The molecule has 2 nitrogen and oxygen atoms in total. The zero-order valence-electron chi connectivity index (χ0n) is 9.66. The van der Waals surface area contributed by atoms with Gasteiger partial charge in [-0.2, -0.15) is 0 Å². The fourth-order valence-corrected chi connectivity index (χ4v) is 2.33. The molecule has 1 aromatic carbocycles. The molecular formula is C13H18ClNO. The Kier molecular flexibility index (Phi) is 4.22. The third-order valence-electron chi connectivity index (χ3n) is 2.91. The quantitative estimate of drug-likeness (QED) is 0.804. The number of halogens is 1. The molecule has 1 fully saturated rings. The highest BCUT2D eigenvalue weighted by molar-refractivity contribution is 6.30. The second-order valence-corrected chi connectivity index (χ2v) is 4.65. The van der Waals surface area contributed by atoms with E-state index in [1.54, 1.807) is 0 Å². The van der Waals surface area contributed by atoms with Crippen LogP contribution in [0.2, 0.25) is 5.02 Å². The number of morpholine rings is 1. The van der Waals surface area contributed by atoms with Gasteiger partial charge in [0.15, 0.2) is 0 Å². The van der Waals surface area contributed by atoms with Gasteiger partial charge in [-0.1, -0.05) is 30.7 Å². The predicted octanol–water partition coefficient (Wildman–Crippen LogP) is 3.12. The fourth-order valence-electron chi connectivity index (χ4n) is 2.13. The molecule has 1 atom stereocenters. The second-order valence-electron chi connectivity index (χ2n) is 4.22. The molecule has 0 bridgehead atoms. The van der Waals surface area contributed by atoms with Gasteiger partial charge in [0.05, 0.1) is 12.7 Å². The minimum absolute atomic E-state index is 0.180. The molecular weight excluding hydrogens is 222 g/mol. The summed E-state index contributed by atoms with van der Waals surface area (Å²) >= 11 is 5.99. The zero-order chi connectivity index (χ0) is 11.4. The van der Waals surface area contributed by atoms with Crippen LogP contribution >= 0.6 is 11.6 Å². The second kappa shape index (κ2) is 5.67. The minimum Gasteiger partial charge on any atom is -0.371 e. The number of rotatable bonds is 3. The minimum atomic E-state index is 0.180. The predicted molar refractivity (Wildman–Crippen MR) is 66.9 cm³/mol. The van der Waals surface area contributed by atoms with E-state index >= 15 is 0 Å². The molecule has 0 N–H and O–H groups in total. The van der Waals surface area contributed by atoms with E-state index in [1.807, 2.05) is 18.2 Å². The van der Waals surface area contributed by atoms with Gasteiger partial charge in [0.2, 0.25) is 0 Å². The number of ether oxygens (including phenoxy) is 1.